The Morgan fingerprint density at radius 1 is 1.10 bits per heavy atom. The Bertz CT molecular complexity index is 541. The summed E-state index contributed by atoms with van der Waals surface area (Å²) in [5.41, 5.74) is 2.16. The molecule has 0 spiro atoms. The van der Waals surface area contributed by atoms with E-state index in [0.717, 1.165) is 43.0 Å². The molecule has 4 heteroatoms. The molecule has 1 aliphatic heterocycles. The summed E-state index contributed by atoms with van der Waals surface area (Å²) in [6.45, 7) is 2.07. The molecule has 1 saturated heterocycles. The van der Waals surface area contributed by atoms with Gasteiger partial charge < -0.3 is 10.0 Å². The summed E-state index contributed by atoms with van der Waals surface area (Å²) in [5, 5.41) is 9.28. The van der Waals surface area contributed by atoms with Crippen LogP contribution in [0.4, 0.5) is 5.95 Å². The van der Waals surface area contributed by atoms with Crippen molar-refractivity contribution in [2.45, 2.75) is 12.8 Å². The van der Waals surface area contributed by atoms with E-state index in [0.29, 0.717) is 5.92 Å². The van der Waals surface area contributed by atoms with Crippen LogP contribution in [-0.4, -0.2) is 34.8 Å². The highest BCUT2D eigenvalue weighted by molar-refractivity contribution is 5.61. The summed E-state index contributed by atoms with van der Waals surface area (Å²) in [4.78, 5) is 11.1. The standard InChI is InChI=1S/C16H19N3O/c20-12-13-5-4-8-19(11-13)16-17-9-15(10-18-16)14-6-2-1-3-7-14/h1-3,6-7,9-10,13,20H,4-5,8,11-12H2. The fourth-order valence-corrected chi connectivity index (χ4v) is 2.66. The molecule has 1 atom stereocenters. The molecule has 0 radical (unpaired) electrons. The molecule has 1 aliphatic rings. The van der Waals surface area contributed by atoms with Crippen molar-refractivity contribution in [3.63, 3.8) is 0 Å². The SMILES string of the molecule is OCC1CCCN(c2ncc(-c3ccccc3)cn2)C1. The van der Waals surface area contributed by atoms with E-state index in [1.807, 2.05) is 30.6 Å². The Hall–Kier alpha value is -1.94. The van der Waals surface area contributed by atoms with Gasteiger partial charge in [0.15, 0.2) is 0 Å². The average molecular weight is 269 g/mol. The Kier molecular flexibility index (Phi) is 3.92. The lowest BCUT2D eigenvalue weighted by atomic mass is 9.99. The van der Waals surface area contributed by atoms with Gasteiger partial charge in [-0.25, -0.2) is 9.97 Å². The van der Waals surface area contributed by atoms with Gasteiger partial charge in [-0.15, -0.1) is 0 Å². The van der Waals surface area contributed by atoms with Crippen molar-refractivity contribution in [2.24, 2.45) is 5.92 Å². The number of piperidine rings is 1. The first-order chi connectivity index (χ1) is 9.86. The maximum Gasteiger partial charge on any atom is 0.225 e. The molecule has 1 aromatic heterocycles. The minimum Gasteiger partial charge on any atom is -0.396 e. The number of hydrogen-bond donors (Lipinski definition) is 1. The fourth-order valence-electron chi connectivity index (χ4n) is 2.66. The van der Waals surface area contributed by atoms with Crippen molar-refractivity contribution in [3.8, 4) is 11.1 Å². The van der Waals surface area contributed by atoms with Crippen molar-refractivity contribution >= 4 is 5.95 Å². The first-order valence-electron chi connectivity index (χ1n) is 7.10. The van der Waals surface area contributed by atoms with Crippen LogP contribution in [0.25, 0.3) is 11.1 Å². The molecule has 1 aromatic carbocycles. The number of hydrogen-bond acceptors (Lipinski definition) is 4. The lowest BCUT2D eigenvalue weighted by molar-refractivity contribution is 0.208. The van der Waals surface area contributed by atoms with E-state index < -0.39 is 0 Å². The summed E-state index contributed by atoms with van der Waals surface area (Å²) >= 11 is 0. The Morgan fingerprint density at radius 3 is 2.55 bits per heavy atom. The van der Waals surface area contributed by atoms with Crippen LogP contribution in [0.15, 0.2) is 42.7 Å². The lowest BCUT2D eigenvalue weighted by Gasteiger charge is -2.31. The third-order valence-electron chi connectivity index (χ3n) is 3.81. The second kappa shape index (κ2) is 6.01. The smallest absolute Gasteiger partial charge is 0.225 e. The molecule has 1 unspecified atom stereocenters. The molecule has 0 amide bonds. The van der Waals surface area contributed by atoms with Crippen LogP contribution in [0.5, 0.6) is 0 Å². The molecule has 1 N–H and O–H groups in total. The molecule has 2 heterocycles. The Labute approximate surface area is 119 Å². The monoisotopic (exact) mass is 269 g/mol. The third kappa shape index (κ3) is 2.80. The molecule has 20 heavy (non-hydrogen) atoms. The van der Waals surface area contributed by atoms with Crippen LogP contribution in [0.2, 0.25) is 0 Å². The van der Waals surface area contributed by atoms with Crippen LogP contribution in [0.3, 0.4) is 0 Å². The van der Waals surface area contributed by atoms with Gasteiger partial charge in [0.25, 0.3) is 0 Å². The van der Waals surface area contributed by atoms with E-state index >= 15 is 0 Å². The maximum atomic E-state index is 9.28. The minimum atomic E-state index is 0.249. The largest absolute Gasteiger partial charge is 0.396 e. The van der Waals surface area contributed by atoms with Gasteiger partial charge in [0, 0.05) is 37.7 Å². The van der Waals surface area contributed by atoms with Crippen LogP contribution in [-0.2, 0) is 0 Å². The lowest BCUT2D eigenvalue weighted by Crippen LogP contribution is -2.37. The van der Waals surface area contributed by atoms with Gasteiger partial charge in [0.05, 0.1) is 0 Å². The zero-order valence-electron chi connectivity index (χ0n) is 11.4. The van der Waals surface area contributed by atoms with Gasteiger partial charge >= 0.3 is 0 Å². The molecule has 0 saturated carbocycles. The molecule has 3 rings (SSSR count). The average Bonchev–Trinajstić information content (AvgIpc) is 2.56. The number of aromatic nitrogens is 2. The Balaban J connectivity index is 1.76. The molecule has 104 valence electrons. The van der Waals surface area contributed by atoms with Crippen LogP contribution >= 0.6 is 0 Å². The molecule has 4 nitrogen and oxygen atoms in total. The summed E-state index contributed by atoms with van der Waals surface area (Å²) in [6, 6.07) is 10.1. The van der Waals surface area contributed by atoms with Crippen molar-refractivity contribution < 1.29 is 5.11 Å². The van der Waals surface area contributed by atoms with Crippen LogP contribution in [0, 0.1) is 5.92 Å². The highest BCUT2D eigenvalue weighted by Crippen LogP contribution is 2.22. The number of aliphatic hydroxyl groups is 1. The van der Waals surface area contributed by atoms with Crippen molar-refractivity contribution in [2.75, 3.05) is 24.6 Å². The predicted molar refractivity (Wildman–Crippen MR) is 79.5 cm³/mol. The molecule has 0 aliphatic carbocycles. The van der Waals surface area contributed by atoms with Gasteiger partial charge in [-0.05, 0) is 24.3 Å². The normalized spacial score (nSPS) is 19.1. The number of nitrogens with zero attached hydrogens (tertiary/aromatic N) is 3. The second-order valence-electron chi connectivity index (χ2n) is 5.27. The van der Waals surface area contributed by atoms with E-state index in [-0.39, 0.29) is 6.61 Å². The number of anilines is 1. The van der Waals surface area contributed by atoms with Crippen molar-refractivity contribution in [1.82, 2.24) is 9.97 Å². The predicted octanol–water partition coefficient (Wildman–Crippen LogP) is 2.35. The first kappa shape index (κ1) is 13.1. The van der Waals surface area contributed by atoms with Crippen LogP contribution in [0.1, 0.15) is 12.8 Å². The zero-order valence-corrected chi connectivity index (χ0v) is 11.4. The number of aliphatic hydroxyl groups excluding tert-OH is 1. The zero-order chi connectivity index (χ0) is 13.8. The summed E-state index contributed by atoms with van der Waals surface area (Å²) in [7, 11) is 0. The summed E-state index contributed by atoms with van der Waals surface area (Å²) in [6.07, 6.45) is 5.94. The van der Waals surface area contributed by atoms with Gasteiger partial charge in [-0.2, -0.15) is 0 Å². The highest BCUT2D eigenvalue weighted by atomic mass is 16.3. The van der Waals surface area contributed by atoms with E-state index in [1.165, 1.54) is 0 Å². The third-order valence-corrected chi connectivity index (χ3v) is 3.81. The highest BCUT2D eigenvalue weighted by Gasteiger charge is 2.20. The molecule has 0 bridgehead atoms. The summed E-state index contributed by atoms with van der Waals surface area (Å²) in [5.74, 6) is 1.11. The van der Waals surface area contributed by atoms with E-state index in [9.17, 15) is 5.11 Å². The molecule has 2 aromatic rings. The topological polar surface area (TPSA) is 49.2 Å². The van der Waals surface area contributed by atoms with Crippen molar-refractivity contribution in [3.05, 3.63) is 42.7 Å². The number of rotatable bonds is 3. The summed E-state index contributed by atoms with van der Waals surface area (Å²) < 4.78 is 0. The maximum absolute atomic E-state index is 9.28. The van der Waals surface area contributed by atoms with E-state index in [1.54, 1.807) is 0 Å². The van der Waals surface area contributed by atoms with Gasteiger partial charge in [0.2, 0.25) is 5.95 Å². The number of benzene rings is 1. The quantitative estimate of drug-likeness (QED) is 0.929. The van der Waals surface area contributed by atoms with Crippen molar-refractivity contribution in [1.29, 1.82) is 0 Å². The first-order valence-corrected chi connectivity index (χ1v) is 7.10. The van der Waals surface area contributed by atoms with E-state index in [4.69, 9.17) is 0 Å². The second-order valence-corrected chi connectivity index (χ2v) is 5.27. The van der Waals surface area contributed by atoms with Gasteiger partial charge in [-0.3, -0.25) is 0 Å². The molecule has 1 fully saturated rings. The molecular weight excluding hydrogens is 250 g/mol. The molecular formula is C16H19N3O. The van der Waals surface area contributed by atoms with E-state index in [2.05, 4.69) is 27.0 Å². The fraction of sp³-hybridized carbons (Fsp3) is 0.375. The Morgan fingerprint density at radius 2 is 1.85 bits per heavy atom. The van der Waals surface area contributed by atoms with Gasteiger partial charge in [0.1, 0.15) is 0 Å². The van der Waals surface area contributed by atoms with Crippen LogP contribution < -0.4 is 4.90 Å². The minimum absolute atomic E-state index is 0.249. The van der Waals surface area contributed by atoms with Gasteiger partial charge in [-0.1, -0.05) is 30.3 Å².